The Bertz CT molecular complexity index is 322. The van der Waals surface area contributed by atoms with E-state index in [-0.39, 0.29) is 5.97 Å². The van der Waals surface area contributed by atoms with Crippen LogP contribution in [0.5, 0.6) is 0 Å². The SMILES string of the molecule is CC.CCNC.COC(=O)CCc1ccc(CN)cc1. The molecule has 4 nitrogen and oxygen atoms in total. The Morgan fingerprint density at radius 3 is 2.00 bits per heavy atom. The van der Waals surface area contributed by atoms with Crippen molar-refractivity contribution in [1.29, 1.82) is 0 Å². The zero-order valence-electron chi connectivity index (χ0n) is 13.5. The van der Waals surface area contributed by atoms with E-state index in [4.69, 9.17) is 5.73 Å². The number of benzene rings is 1. The quantitative estimate of drug-likeness (QED) is 0.814. The minimum absolute atomic E-state index is 0.173. The number of carbonyl (C=O) groups is 1. The van der Waals surface area contributed by atoms with E-state index in [2.05, 4.69) is 17.0 Å². The molecule has 0 spiro atoms. The number of esters is 1. The van der Waals surface area contributed by atoms with Crippen molar-refractivity contribution in [3.63, 3.8) is 0 Å². The maximum atomic E-state index is 10.9. The molecule has 4 heteroatoms. The molecule has 0 fully saturated rings. The average molecular weight is 282 g/mol. The normalized spacial score (nSPS) is 8.70. The van der Waals surface area contributed by atoms with Gasteiger partial charge in [0.1, 0.15) is 0 Å². The van der Waals surface area contributed by atoms with Crippen molar-refractivity contribution >= 4 is 5.97 Å². The highest BCUT2D eigenvalue weighted by atomic mass is 16.5. The topological polar surface area (TPSA) is 64.3 Å². The van der Waals surface area contributed by atoms with E-state index in [0.29, 0.717) is 13.0 Å². The summed E-state index contributed by atoms with van der Waals surface area (Å²) in [5, 5.41) is 2.93. The summed E-state index contributed by atoms with van der Waals surface area (Å²) in [7, 11) is 3.33. The number of aryl methyl sites for hydroxylation is 1. The van der Waals surface area contributed by atoms with Crippen molar-refractivity contribution in [3.8, 4) is 0 Å². The van der Waals surface area contributed by atoms with Gasteiger partial charge in [-0.2, -0.15) is 0 Å². The standard InChI is InChI=1S/C11H15NO2.C3H9N.C2H6/c1-14-11(13)7-6-9-2-4-10(8-12)5-3-9;1-3-4-2;1-2/h2-5H,6-8,12H2,1H3;4H,3H2,1-2H3;1-2H3. The van der Waals surface area contributed by atoms with Gasteiger partial charge in [-0.3, -0.25) is 4.79 Å². The Morgan fingerprint density at radius 1 is 1.20 bits per heavy atom. The van der Waals surface area contributed by atoms with Crippen LogP contribution < -0.4 is 11.1 Å². The molecule has 0 amide bonds. The first kappa shape index (κ1) is 20.9. The van der Waals surface area contributed by atoms with Gasteiger partial charge in [0.05, 0.1) is 7.11 Å². The molecule has 0 atom stereocenters. The lowest BCUT2D eigenvalue weighted by Crippen LogP contribution is -2.02. The highest BCUT2D eigenvalue weighted by Gasteiger charge is 2.00. The molecule has 0 aliphatic carbocycles. The van der Waals surface area contributed by atoms with Crippen molar-refractivity contribution in [1.82, 2.24) is 5.32 Å². The molecular weight excluding hydrogens is 252 g/mol. The Morgan fingerprint density at radius 2 is 1.65 bits per heavy atom. The van der Waals surface area contributed by atoms with Crippen molar-refractivity contribution < 1.29 is 9.53 Å². The number of ether oxygens (including phenoxy) is 1. The van der Waals surface area contributed by atoms with Crippen LogP contribution in [0.1, 0.15) is 38.3 Å². The van der Waals surface area contributed by atoms with Crippen LogP contribution in [-0.2, 0) is 22.5 Å². The van der Waals surface area contributed by atoms with Gasteiger partial charge in [-0.1, -0.05) is 45.0 Å². The second-order valence-electron chi connectivity index (χ2n) is 3.80. The lowest BCUT2D eigenvalue weighted by atomic mass is 10.1. The molecule has 20 heavy (non-hydrogen) atoms. The van der Waals surface area contributed by atoms with E-state index in [1.54, 1.807) is 0 Å². The minimum atomic E-state index is -0.173. The Hall–Kier alpha value is -1.39. The van der Waals surface area contributed by atoms with Gasteiger partial charge in [-0.15, -0.1) is 0 Å². The Balaban J connectivity index is 0. The lowest BCUT2D eigenvalue weighted by Gasteiger charge is -2.01. The summed E-state index contributed by atoms with van der Waals surface area (Å²) in [5.41, 5.74) is 7.71. The van der Waals surface area contributed by atoms with Gasteiger partial charge >= 0.3 is 5.97 Å². The van der Waals surface area contributed by atoms with Gasteiger partial charge < -0.3 is 15.8 Å². The maximum Gasteiger partial charge on any atom is 0.305 e. The second-order valence-corrected chi connectivity index (χ2v) is 3.80. The largest absolute Gasteiger partial charge is 0.469 e. The predicted molar refractivity (Wildman–Crippen MR) is 85.6 cm³/mol. The first-order valence-electron chi connectivity index (χ1n) is 7.17. The van der Waals surface area contributed by atoms with Crippen LogP contribution in [-0.4, -0.2) is 26.7 Å². The van der Waals surface area contributed by atoms with E-state index in [1.807, 2.05) is 45.2 Å². The van der Waals surface area contributed by atoms with E-state index in [0.717, 1.165) is 24.1 Å². The van der Waals surface area contributed by atoms with Gasteiger partial charge in [0.15, 0.2) is 0 Å². The van der Waals surface area contributed by atoms with Crippen molar-refractivity contribution in [2.24, 2.45) is 5.73 Å². The molecule has 0 aliphatic heterocycles. The Kier molecular flexibility index (Phi) is 16.4. The van der Waals surface area contributed by atoms with E-state index < -0.39 is 0 Å². The summed E-state index contributed by atoms with van der Waals surface area (Å²) in [5.74, 6) is -0.173. The molecular formula is C16H30N2O2. The fraction of sp³-hybridized carbons (Fsp3) is 0.562. The molecule has 0 saturated carbocycles. The second kappa shape index (κ2) is 15.7. The third-order valence-corrected chi connectivity index (χ3v) is 2.46. The highest BCUT2D eigenvalue weighted by molar-refractivity contribution is 5.69. The zero-order valence-corrected chi connectivity index (χ0v) is 13.5. The van der Waals surface area contributed by atoms with Gasteiger partial charge in [0.2, 0.25) is 0 Å². The summed E-state index contributed by atoms with van der Waals surface area (Å²) < 4.78 is 4.56. The van der Waals surface area contributed by atoms with Crippen molar-refractivity contribution in [2.45, 2.75) is 40.2 Å². The minimum Gasteiger partial charge on any atom is -0.469 e. The van der Waals surface area contributed by atoms with Crippen LogP contribution in [0.25, 0.3) is 0 Å². The summed E-state index contributed by atoms with van der Waals surface area (Å²) in [4.78, 5) is 10.9. The average Bonchev–Trinajstić information content (AvgIpc) is 2.55. The summed E-state index contributed by atoms with van der Waals surface area (Å²) in [6.07, 6.45) is 1.15. The van der Waals surface area contributed by atoms with Gasteiger partial charge in [-0.05, 0) is 31.1 Å². The smallest absolute Gasteiger partial charge is 0.305 e. The van der Waals surface area contributed by atoms with Crippen LogP contribution in [0, 0.1) is 0 Å². The number of rotatable bonds is 5. The monoisotopic (exact) mass is 282 g/mol. The molecule has 0 aliphatic rings. The maximum absolute atomic E-state index is 10.9. The molecule has 116 valence electrons. The molecule has 0 aromatic heterocycles. The van der Waals surface area contributed by atoms with Crippen LogP contribution in [0.2, 0.25) is 0 Å². The first-order chi connectivity index (χ1) is 9.67. The number of carbonyl (C=O) groups excluding carboxylic acids is 1. The molecule has 0 saturated heterocycles. The molecule has 1 aromatic rings. The highest BCUT2D eigenvalue weighted by Crippen LogP contribution is 2.06. The molecule has 0 radical (unpaired) electrons. The number of nitrogens with two attached hydrogens (primary N) is 1. The molecule has 1 aromatic carbocycles. The first-order valence-corrected chi connectivity index (χ1v) is 7.17. The number of methoxy groups -OCH3 is 1. The zero-order chi connectivity index (χ0) is 15.8. The molecule has 0 bridgehead atoms. The van der Waals surface area contributed by atoms with Crippen LogP contribution >= 0.6 is 0 Å². The third-order valence-electron chi connectivity index (χ3n) is 2.46. The van der Waals surface area contributed by atoms with Crippen LogP contribution in [0.3, 0.4) is 0 Å². The molecule has 0 unspecified atom stereocenters. The van der Waals surface area contributed by atoms with Crippen LogP contribution in [0.4, 0.5) is 0 Å². The van der Waals surface area contributed by atoms with Gasteiger partial charge in [-0.25, -0.2) is 0 Å². The van der Waals surface area contributed by atoms with Gasteiger partial charge in [0, 0.05) is 13.0 Å². The summed E-state index contributed by atoms with van der Waals surface area (Å²) >= 11 is 0. The van der Waals surface area contributed by atoms with Crippen LogP contribution in [0.15, 0.2) is 24.3 Å². The van der Waals surface area contributed by atoms with Crippen molar-refractivity contribution in [3.05, 3.63) is 35.4 Å². The fourth-order valence-corrected chi connectivity index (χ4v) is 1.19. The number of nitrogens with one attached hydrogen (secondary N) is 1. The lowest BCUT2D eigenvalue weighted by molar-refractivity contribution is -0.140. The third kappa shape index (κ3) is 11.7. The Labute approximate surface area is 123 Å². The predicted octanol–water partition coefficient (Wildman–Crippen LogP) is 2.50. The molecule has 0 heterocycles. The van der Waals surface area contributed by atoms with E-state index >= 15 is 0 Å². The van der Waals surface area contributed by atoms with Crippen molar-refractivity contribution in [2.75, 3.05) is 20.7 Å². The number of hydrogen-bond acceptors (Lipinski definition) is 4. The summed E-state index contributed by atoms with van der Waals surface area (Å²) in [6.45, 7) is 7.69. The fourth-order valence-electron chi connectivity index (χ4n) is 1.19. The van der Waals surface area contributed by atoms with E-state index in [1.165, 1.54) is 7.11 Å². The van der Waals surface area contributed by atoms with E-state index in [9.17, 15) is 4.79 Å². The molecule has 1 rings (SSSR count). The molecule has 3 N–H and O–H groups in total. The summed E-state index contributed by atoms with van der Waals surface area (Å²) in [6, 6.07) is 7.94. The van der Waals surface area contributed by atoms with Gasteiger partial charge in [0.25, 0.3) is 0 Å². The number of hydrogen-bond donors (Lipinski definition) is 2.